The van der Waals surface area contributed by atoms with E-state index < -0.39 is 10.0 Å². The number of rotatable bonds is 6. The maximum Gasteiger partial charge on any atom is 0.264 e. The molecule has 3 aromatic rings. The second kappa shape index (κ2) is 9.15. The zero-order valence-corrected chi connectivity index (χ0v) is 19.2. The molecule has 1 N–H and O–H groups in total. The van der Waals surface area contributed by atoms with Crippen molar-refractivity contribution in [3.05, 3.63) is 87.0 Å². The Hall–Kier alpha value is -2.10. The van der Waals surface area contributed by atoms with Crippen LogP contribution in [0, 0.1) is 3.57 Å². The Morgan fingerprint density at radius 2 is 1.55 bits per heavy atom. The molecule has 0 heterocycles. The number of halogens is 2. The van der Waals surface area contributed by atoms with E-state index in [2.05, 4.69) is 27.9 Å². The molecule has 3 rings (SSSR count). The lowest BCUT2D eigenvalue weighted by molar-refractivity contribution is -0.115. The lowest BCUT2D eigenvalue weighted by Gasteiger charge is -2.20. The molecule has 0 radical (unpaired) electrons. The average Bonchev–Trinajstić information content (AvgIpc) is 2.70. The molecular formula is C21H18ClIN2O3S. The Morgan fingerprint density at radius 3 is 2.14 bits per heavy atom. The summed E-state index contributed by atoms with van der Waals surface area (Å²) >= 11 is 8.04. The number of amides is 1. The molecule has 0 bridgehead atoms. The lowest BCUT2D eigenvalue weighted by Crippen LogP contribution is -2.26. The van der Waals surface area contributed by atoms with E-state index in [1.807, 2.05) is 24.3 Å². The van der Waals surface area contributed by atoms with Crippen LogP contribution < -0.4 is 9.62 Å². The van der Waals surface area contributed by atoms with Gasteiger partial charge in [-0.25, -0.2) is 8.42 Å². The maximum absolute atomic E-state index is 12.8. The van der Waals surface area contributed by atoms with Gasteiger partial charge in [0, 0.05) is 21.3 Å². The van der Waals surface area contributed by atoms with Crippen molar-refractivity contribution < 1.29 is 13.2 Å². The number of sulfonamides is 1. The molecule has 0 aliphatic heterocycles. The van der Waals surface area contributed by atoms with Crippen molar-refractivity contribution in [2.24, 2.45) is 0 Å². The van der Waals surface area contributed by atoms with Crippen LogP contribution in [0.15, 0.2) is 77.7 Å². The van der Waals surface area contributed by atoms with E-state index in [0.29, 0.717) is 10.7 Å². The van der Waals surface area contributed by atoms with E-state index in [1.54, 1.807) is 24.3 Å². The van der Waals surface area contributed by atoms with Crippen molar-refractivity contribution in [3.8, 4) is 0 Å². The largest absolute Gasteiger partial charge is 0.326 e. The monoisotopic (exact) mass is 540 g/mol. The first-order chi connectivity index (χ1) is 13.8. The molecule has 1 amide bonds. The van der Waals surface area contributed by atoms with Gasteiger partial charge in [0.1, 0.15) is 0 Å². The van der Waals surface area contributed by atoms with Gasteiger partial charge in [0.15, 0.2) is 0 Å². The Bertz CT molecular complexity index is 1100. The first kappa shape index (κ1) is 21.6. The highest BCUT2D eigenvalue weighted by atomic mass is 127. The quantitative estimate of drug-likeness (QED) is 0.450. The molecule has 5 nitrogen and oxygen atoms in total. The SMILES string of the molecule is CN(c1ccc(CC(=O)Nc2ccc(I)cc2)cc1)S(=O)(=O)c1ccc(Cl)cc1. The first-order valence-corrected chi connectivity index (χ1v) is 11.5. The molecule has 0 saturated heterocycles. The molecular weight excluding hydrogens is 523 g/mol. The van der Waals surface area contributed by atoms with Crippen molar-refractivity contribution in [2.75, 3.05) is 16.7 Å². The van der Waals surface area contributed by atoms with Gasteiger partial charge >= 0.3 is 0 Å². The van der Waals surface area contributed by atoms with Gasteiger partial charge in [0.2, 0.25) is 5.91 Å². The number of hydrogen-bond donors (Lipinski definition) is 1. The summed E-state index contributed by atoms with van der Waals surface area (Å²) in [7, 11) is -2.21. The number of hydrogen-bond acceptors (Lipinski definition) is 3. The summed E-state index contributed by atoms with van der Waals surface area (Å²) in [6, 6.07) is 20.4. The fourth-order valence-electron chi connectivity index (χ4n) is 2.65. The van der Waals surface area contributed by atoms with Crippen LogP contribution in [0.1, 0.15) is 5.56 Å². The van der Waals surface area contributed by atoms with Crippen LogP contribution in [0.2, 0.25) is 5.02 Å². The highest BCUT2D eigenvalue weighted by molar-refractivity contribution is 14.1. The van der Waals surface area contributed by atoms with Gasteiger partial charge in [-0.1, -0.05) is 23.7 Å². The van der Waals surface area contributed by atoms with E-state index in [4.69, 9.17) is 11.6 Å². The van der Waals surface area contributed by atoms with E-state index >= 15 is 0 Å². The van der Waals surface area contributed by atoms with Gasteiger partial charge in [-0.3, -0.25) is 9.10 Å². The van der Waals surface area contributed by atoms with Crippen molar-refractivity contribution in [2.45, 2.75) is 11.3 Å². The number of nitrogens with zero attached hydrogens (tertiary/aromatic N) is 1. The molecule has 150 valence electrons. The topological polar surface area (TPSA) is 66.5 Å². The van der Waals surface area contributed by atoms with Crippen LogP contribution in [0.5, 0.6) is 0 Å². The fraction of sp³-hybridized carbons (Fsp3) is 0.0952. The molecule has 0 saturated carbocycles. The predicted octanol–water partition coefficient (Wildman–Crippen LogP) is 4.95. The molecule has 29 heavy (non-hydrogen) atoms. The number of benzene rings is 3. The van der Waals surface area contributed by atoms with E-state index in [9.17, 15) is 13.2 Å². The van der Waals surface area contributed by atoms with Crippen LogP contribution in [0.4, 0.5) is 11.4 Å². The van der Waals surface area contributed by atoms with Gasteiger partial charge in [0.25, 0.3) is 10.0 Å². The van der Waals surface area contributed by atoms with E-state index in [-0.39, 0.29) is 17.2 Å². The summed E-state index contributed by atoms with van der Waals surface area (Å²) in [4.78, 5) is 12.4. The normalized spacial score (nSPS) is 11.1. The first-order valence-electron chi connectivity index (χ1n) is 8.64. The maximum atomic E-state index is 12.8. The zero-order valence-electron chi connectivity index (χ0n) is 15.5. The van der Waals surface area contributed by atoms with Gasteiger partial charge in [-0.2, -0.15) is 0 Å². The Morgan fingerprint density at radius 1 is 0.966 bits per heavy atom. The molecule has 0 atom stereocenters. The summed E-state index contributed by atoms with van der Waals surface area (Å²) < 4.78 is 27.8. The fourth-order valence-corrected chi connectivity index (χ4v) is 4.33. The summed E-state index contributed by atoms with van der Waals surface area (Å²) in [5.74, 6) is -0.138. The van der Waals surface area contributed by atoms with Gasteiger partial charge in [0.05, 0.1) is 17.0 Å². The van der Waals surface area contributed by atoms with Crippen LogP contribution in [0.3, 0.4) is 0 Å². The number of anilines is 2. The third-order valence-corrected chi connectivity index (χ3v) is 7.04. The van der Waals surface area contributed by atoms with E-state index in [1.165, 1.54) is 35.6 Å². The highest BCUT2D eigenvalue weighted by Crippen LogP contribution is 2.23. The smallest absolute Gasteiger partial charge is 0.264 e. The van der Waals surface area contributed by atoms with Crippen LogP contribution in [-0.2, 0) is 21.2 Å². The van der Waals surface area contributed by atoms with Crippen molar-refractivity contribution in [3.63, 3.8) is 0 Å². The minimum Gasteiger partial charge on any atom is -0.326 e. The molecule has 0 aliphatic carbocycles. The molecule has 0 aromatic heterocycles. The third kappa shape index (κ3) is 5.49. The zero-order chi connectivity index (χ0) is 21.0. The number of nitrogens with one attached hydrogen (secondary N) is 1. The number of carbonyl (C=O) groups excluding carboxylic acids is 1. The Balaban J connectivity index is 1.68. The third-order valence-electron chi connectivity index (χ3n) is 4.26. The molecule has 0 spiro atoms. The highest BCUT2D eigenvalue weighted by Gasteiger charge is 2.21. The van der Waals surface area contributed by atoms with Crippen molar-refractivity contribution >= 4 is 61.5 Å². The van der Waals surface area contributed by atoms with Crippen molar-refractivity contribution in [1.29, 1.82) is 0 Å². The summed E-state index contributed by atoms with van der Waals surface area (Å²) in [6.07, 6.45) is 0.194. The van der Waals surface area contributed by atoms with Crippen molar-refractivity contribution in [1.82, 2.24) is 0 Å². The summed E-state index contributed by atoms with van der Waals surface area (Å²) in [6.45, 7) is 0. The predicted molar refractivity (Wildman–Crippen MR) is 125 cm³/mol. The standard InChI is InChI=1S/C21H18ClIN2O3S/c1-25(29(27,28)20-12-4-16(22)5-13-20)19-10-2-15(3-11-19)14-21(26)24-18-8-6-17(23)7-9-18/h2-13H,14H2,1H3,(H,24,26). The van der Waals surface area contributed by atoms with Gasteiger partial charge in [-0.15, -0.1) is 0 Å². The molecule has 0 aliphatic rings. The van der Waals surface area contributed by atoms with Gasteiger partial charge < -0.3 is 5.32 Å². The van der Waals surface area contributed by atoms with E-state index in [0.717, 1.165) is 14.8 Å². The van der Waals surface area contributed by atoms with Gasteiger partial charge in [-0.05, 0) is 88.8 Å². The minimum atomic E-state index is -3.69. The van der Waals surface area contributed by atoms with Crippen LogP contribution >= 0.6 is 34.2 Å². The Kier molecular flexibility index (Phi) is 6.81. The molecule has 0 fully saturated rings. The number of carbonyl (C=O) groups is 1. The second-order valence-corrected chi connectivity index (χ2v) is 9.98. The Labute approximate surface area is 188 Å². The van der Waals surface area contributed by atoms with Crippen LogP contribution in [-0.4, -0.2) is 21.4 Å². The van der Waals surface area contributed by atoms with Crippen LogP contribution in [0.25, 0.3) is 0 Å². The lowest BCUT2D eigenvalue weighted by atomic mass is 10.1. The minimum absolute atomic E-state index is 0.138. The average molecular weight is 541 g/mol. The molecule has 8 heteroatoms. The molecule has 3 aromatic carbocycles. The summed E-state index contributed by atoms with van der Waals surface area (Å²) in [5, 5.41) is 3.32. The second-order valence-electron chi connectivity index (χ2n) is 6.32. The summed E-state index contributed by atoms with van der Waals surface area (Å²) in [5.41, 5.74) is 2.02. The molecule has 0 unspecified atom stereocenters.